The van der Waals surface area contributed by atoms with Gasteiger partial charge in [-0.1, -0.05) is 36.4 Å². The molecule has 4 rings (SSSR count). The molecule has 3 aromatic rings. The fraction of sp³-hybridized carbons (Fsp3) is 0.136. The van der Waals surface area contributed by atoms with Crippen LogP contribution in [0.25, 0.3) is 0 Å². The number of rotatable bonds is 3. The molecule has 26 heavy (non-hydrogen) atoms. The molecule has 0 aromatic heterocycles. The SMILES string of the molecule is S=C(Nc1ccc(Oc2ccccc2)cc1)N1CCCc2ccccc21. The molecule has 0 radical (unpaired) electrons. The lowest BCUT2D eigenvalue weighted by Crippen LogP contribution is -2.38. The molecule has 1 aliphatic heterocycles. The van der Waals surface area contributed by atoms with Crippen LogP contribution in [0.15, 0.2) is 78.9 Å². The van der Waals surface area contributed by atoms with E-state index in [1.165, 1.54) is 11.3 Å². The first-order valence-electron chi connectivity index (χ1n) is 8.79. The van der Waals surface area contributed by atoms with E-state index in [0.29, 0.717) is 0 Å². The Kier molecular flexibility index (Phi) is 4.84. The Labute approximate surface area is 159 Å². The van der Waals surface area contributed by atoms with E-state index >= 15 is 0 Å². The van der Waals surface area contributed by atoms with E-state index in [-0.39, 0.29) is 0 Å². The second-order valence-electron chi connectivity index (χ2n) is 6.25. The molecular weight excluding hydrogens is 340 g/mol. The maximum Gasteiger partial charge on any atom is 0.177 e. The van der Waals surface area contributed by atoms with Crippen molar-refractivity contribution < 1.29 is 4.74 Å². The van der Waals surface area contributed by atoms with Crippen LogP contribution in [0.3, 0.4) is 0 Å². The zero-order valence-electron chi connectivity index (χ0n) is 14.4. The molecule has 0 fully saturated rings. The lowest BCUT2D eigenvalue weighted by molar-refractivity contribution is 0.483. The first kappa shape index (κ1) is 16.6. The molecule has 130 valence electrons. The van der Waals surface area contributed by atoms with Gasteiger partial charge in [0.1, 0.15) is 11.5 Å². The van der Waals surface area contributed by atoms with Crippen LogP contribution in [-0.2, 0) is 6.42 Å². The zero-order valence-corrected chi connectivity index (χ0v) is 15.2. The van der Waals surface area contributed by atoms with E-state index < -0.39 is 0 Å². The van der Waals surface area contributed by atoms with Gasteiger partial charge in [0.05, 0.1) is 0 Å². The van der Waals surface area contributed by atoms with Crippen LogP contribution in [0.4, 0.5) is 11.4 Å². The Balaban J connectivity index is 1.44. The van der Waals surface area contributed by atoms with Crippen molar-refractivity contribution in [2.45, 2.75) is 12.8 Å². The van der Waals surface area contributed by atoms with Gasteiger partial charge < -0.3 is 15.0 Å². The Bertz CT molecular complexity index is 894. The molecule has 0 unspecified atom stereocenters. The van der Waals surface area contributed by atoms with Crippen LogP contribution < -0.4 is 15.0 Å². The van der Waals surface area contributed by atoms with Crippen LogP contribution in [-0.4, -0.2) is 11.7 Å². The van der Waals surface area contributed by atoms with E-state index in [2.05, 4.69) is 34.5 Å². The van der Waals surface area contributed by atoms with Gasteiger partial charge in [-0.3, -0.25) is 0 Å². The number of anilines is 2. The smallest absolute Gasteiger partial charge is 0.177 e. The Morgan fingerprint density at radius 3 is 2.35 bits per heavy atom. The van der Waals surface area contributed by atoms with E-state index in [1.807, 2.05) is 54.6 Å². The number of nitrogens with one attached hydrogen (secondary N) is 1. The molecule has 0 amide bonds. The number of thiocarbonyl (C=S) groups is 1. The van der Waals surface area contributed by atoms with Gasteiger partial charge in [0, 0.05) is 17.9 Å². The number of aryl methyl sites for hydroxylation is 1. The molecule has 4 heteroatoms. The molecule has 3 aromatic carbocycles. The van der Waals surface area contributed by atoms with E-state index in [9.17, 15) is 0 Å². The van der Waals surface area contributed by atoms with Crippen molar-refractivity contribution in [2.75, 3.05) is 16.8 Å². The van der Waals surface area contributed by atoms with Gasteiger partial charge in [0.25, 0.3) is 0 Å². The third-order valence-corrected chi connectivity index (χ3v) is 4.76. The van der Waals surface area contributed by atoms with Crippen molar-refractivity contribution in [2.24, 2.45) is 0 Å². The van der Waals surface area contributed by atoms with Crippen molar-refractivity contribution in [3.05, 3.63) is 84.4 Å². The number of para-hydroxylation sites is 2. The summed E-state index contributed by atoms with van der Waals surface area (Å²) in [7, 11) is 0. The summed E-state index contributed by atoms with van der Waals surface area (Å²) in [6.45, 7) is 0.943. The Morgan fingerprint density at radius 2 is 1.54 bits per heavy atom. The van der Waals surface area contributed by atoms with Gasteiger partial charge in [-0.15, -0.1) is 0 Å². The van der Waals surface area contributed by atoms with E-state index in [4.69, 9.17) is 17.0 Å². The molecule has 1 heterocycles. The number of hydrogen-bond acceptors (Lipinski definition) is 2. The fourth-order valence-electron chi connectivity index (χ4n) is 3.17. The van der Waals surface area contributed by atoms with Crippen LogP contribution in [0, 0.1) is 0 Å². The average molecular weight is 360 g/mol. The summed E-state index contributed by atoms with van der Waals surface area (Å²) in [5, 5.41) is 4.08. The minimum absolute atomic E-state index is 0.730. The second-order valence-corrected chi connectivity index (χ2v) is 6.64. The van der Waals surface area contributed by atoms with Gasteiger partial charge in [-0.2, -0.15) is 0 Å². The highest BCUT2D eigenvalue weighted by Crippen LogP contribution is 2.28. The maximum absolute atomic E-state index is 5.83. The topological polar surface area (TPSA) is 24.5 Å². The minimum atomic E-state index is 0.730. The van der Waals surface area contributed by atoms with Crippen molar-refractivity contribution in [1.29, 1.82) is 0 Å². The summed E-state index contributed by atoms with van der Waals surface area (Å²) < 4.78 is 5.83. The number of ether oxygens (including phenoxy) is 1. The maximum atomic E-state index is 5.83. The van der Waals surface area contributed by atoms with Crippen molar-refractivity contribution in [1.82, 2.24) is 0 Å². The highest BCUT2D eigenvalue weighted by atomic mass is 32.1. The van der Waals surface area contributed by atoms with Gasteiger partial charge in [-0.05, 0) is 73.1 Å². The van der Waals surface area contributed by atoms with Gasteiger partial charge in [-0.25, -0.2) is 0 Å². The fourth-order valence-corrected chi connectivity index (χ4v) is 3.47. The number of nitrogens with zero attached hydrogens (tertiary/aromatic N) is 1. The molecule has 1 N–H and O–H groups in total. The predicted octanol–water partition coefficient (Wildman–Crippen LogP) is 5.63. The van der Waals surface area contributed by atoms with E-state index in [1.54, 1.807) is 0 Å². The molecule has 0 aliphatic carbocycles. The Morgan fingerprint density at radius 1 is 0.846 bits per heavy atom. The highest BCUT2D eigenvalue weighted by molar-refractivity contribution is 7.80. The molecule has 0 saturated carbocycles. The molecule has 0 atom stereocenters. The van der Waals surface area contributed by atoms with E-state index in [0.717, 1.165) is 41.7 Å². The van der Waals surface area contributed by atoms with Gasteiger partial charge >= 0.3 is 0 Å². The summed E-state index contributed by atoms with van der Waals surface area (Å²) >= 11 is 5.65. The quantitative estimate of drug-likeness (QED) is 0.612. The number of benzene rings is 3. The molecule has 3 nitrogen and oxygen atoms in total. The second kappa shape index (κ2) is 7.58. The van der Waals surface area contributed by atoms with Crippen LogP contribution in [0.2, 0.25) is 0 Å². The first-order valence-corrected chi connectivity index (χ1v) is 9.20. The largest absolute Gasteiger partial charge is 0.457 e. The summed E-state index contributed by atoms with van der Waals surface area (Å²) in [4.78, 5) is 2.18. The lowest BCUT2D eigenvalue weighted by Gasteiger charge is -2.31. The Hall–Kier alpha value is -2.85. The first-order chi connectivity index (χ1) is 12.8. The average Bonchev–Trinajstić information content (AvgIpc) is 2.70. The third-order valence-electron chi connectivity index (χ3n) is 4.44. The summed E-state index contributed by atoms with van der Waals surface area (Å²) in [6, 6.07) is 26.1. The van der Waals surface area contributed by atoms with Crippen molar-refractivity contribution >= 4 is 28.7 Å². The number of fused-ring (bicyclic) bond motifs is 1. The lowest BCUT2D eigenvalue weighted by atomic mass is 10.0. The number of hydrogen-bond donors (Lipinski definition) is 1. The standard InChI is InChI=1S/C22H20N2OS/c26-22(24-16-6-8-17-7-4-5-11-21(17)24)23-18-12-14-20(15-13-18)25-19-9-2-1-3-10-19/h1-5,7,9-15H,6,8,16H2,(H,23,26). The predicted molar refractivity (Wildman–Crippen MR) is 111 cm³/mol. The third kappa shape index (κ3) is 3.70. The normalized spacial score (nSPS) is 13.0. The van der Waals surface area contributed by atoms with Crippen LogP contribution >= 0.6 is 12.2 Å². The van der Waals surface area contributed by atoms with Gasteiger partial charge in [0.2, 0.25) is 0 Å². The highest BCUT2D eigenvalue weighted by Gasteiger charge is 2.19. The van der Waals surface area contributed by atoms with Crippen molar-refractivity contribution in [3.63, 3.8) is 0 Å². The van der Waals surface area contributed by atoms with Crippen LogP contribution in [0.1, 0.15) is 12.0 Å². The molecular formula is C22H20N2OS. The molecule has 1 aliphatic rings. The molecule has 0 bridgehead atoms. The van der Waals surface area contributed by atoms with Crippen molar-refractivity contribution in [3.8, 4) is 11.5 Å². The minimum Gasteiger partial charge on any atom is -0.457 e. The van der Waals surface area contributed by atoms with Crippen LogP contribution in [0.5, 0.6) is 11.5 Å². The molecule has 0 saturated heterocycles. The molecule has 0 spiro atoms. The zero-order chi connectivity index (χ0) is 17.8. The van der Waals surface area contributed by atoms with Gasteiger partial charge in [0.15, 0.2) is 5.11 Å². The monoisotopic (exact) mass is 360 g/mol. The summed E-state index contributed by atoms with van der Waals surface area (Å²) in [6.07, 6.45) is 2.23. The summed E-state index contributed by atoms with van der Waals surface area (Å²) in [5.74, 6) is 1.63. The summed E-state index contributed by atoms with van der Waals surface area (Å²) in [5.41, 5.74) is 3.52.